The molecule has 0 fully saturated rings. The van der Waals surface area contributed by atoms with Crippen molar-refractivity contribution in [3.05, 3.63) is 95.6 Å². The van der Waals surface area contributed by atoms with Gasteiger partial charge in [0, 0.05) is 23.5 Å². The minimum atomic E-state index is -0.361. The second-order valence-corrected chi connectivity index (χ2v) is 5.88. The highest BCUT2D eigenvalue weighted by Gasteiger charge is 2.05. The van der Waals surface area contributed by atoms with Gasteiger partial charge >= 0.3 is 0 Å². The van der Waals surface area contributed by atoms with Crippen molar-refractivity contribution in [2.24, 2.45) is 0 Å². The van der Waals surface area contributed by atoms with E-state index < -0.39 is 0 Å². The van der Waals surface area contributed by atoms with Gasteiger partial charge in [-0.2, -0.15) is 0 Å². The van der Waals surface area contributed by atoms with Crippen LogP contribution in [0.5, 0.6) is 0 Å². The molecule has 0 saturated carbocycles. The number of amides is 1. The summed E-state index contributed by atoms with van der Waals surface area (Å²) in [5, 5.41) is 5.90. The molecule has 0 heterocycles. The van der Waals surface area contributed by atoms with Gasteiger partial charge in [0.05, 0.1) is 6.42 Å². The number of benzene rings is 3. The Morgan fingerprint density at radius 2 is 1.58 bits per heavy atom. The highest BCUT2D eigenvalue weighted by Crippen LogP contribution is 2.16. The highest BCUT2D eigenvalue weighted by molar-refractivity contribution is 5.92. The summed E-state index contributed by atoms with van der Waals surface area (Å²) in [5.74, 6) is -0.829. The molecule has 0 bridgehead atoms. The Kier molecular flexibility index (Phi) is 5.59. The Balaban J connectivity index is 1.54. The predicted octanol–water partition coefficient (Wildman–Crippen LogP) is 4.76. The Morgan fingerprint density at radius 1 is 0.846 bits per heavy atom. The molecule has 3 rings (SSSR count). The molecule has 3 nitrogen and oxygen atoms in total. The van der Waals surface area contributed by atoms with Crippen molar-refractivity contribution in [3.63, 3.8) is 0 Å². The van der Waals surface area contributed by atoms with E-state index in [1.165, 1.54) is 18.2 Å². The largest absolute Gasteiger partial charge is 0.381 e. The van der Waals surface area contributed by atoms with Crippen molar-refractivity contribution in [2.45, 2.75) is 13.0 Å². The van der Waals surface area contributed by atoms with Crippen LogP contribution in [0.3, 0.4) is 0 Å². The molecule has 0 aliphatic rings. The first-order valence-corrected chi connectivity index (χ1v) is 8.22. The van der Waals surface area contributed by atoms with Gasteiger partial charge in [0.25, 0.3) is 0 Å². The average molecular weight is 352 g/mol. The number of carbonyl (C=O) groups is 1. The normalized spacial score (nSPS) is 10.4. The lowest BCUT2D eigenvalue weighted by atomic mass is 10.1. The van der Waals surface area contributed by atoms with Gasteiger partial charge in [-0.05, 0) is 48.0 Å². The number of rotatable bonds is 6. The van der Waals surface area contributed by atoms with Crippen molar-refractivity contribution in [3.8, 4) is 0 Å². The van der Waals surface area contributed by atoms with Crippen LogP contribution in [0.4, 0.5) is 20.2 Å². The number of carbonyl (C=O) groups excluding carboxylic acids is 1. The van der Waals surface area contributed by atoms with Crippen LogP contribution in [0, 0.1) is 11.6 Å². The van der Waals surface area contributed by atoms with Crippen LogP contribution in [0.15, 0.2) is 72.8 Å². The molecule has 0 unspecified atom stereocenters. The zero-order valence-corrected chi connectivity index (χ0v) is 14.0. The Morgan fingerprint density at radius 3 is 2.31 bits per heavy atom. The fourth-order valence-corrected chi connectivity index (χ4v) is 2.55. The third-order valence-corrected chi connectivity index (χ3v) is 3.86. The Bertz CT molecular complexity index is 895. The molecule has 0 saturated heterocycles. The number of hydrogen-bond acceptors (Lipinski definition) is 2. The summed E-state index contributed by atoms with van der Waals surface area (Å²) in [6.45, 7) is 0.373. The monoisotopic (exact) mass is 352 g/mol. The third kappa shape index (κ3) is 4.89. The smallest absolute Gasteiger partial charge is 0.228 e. The van der Waals surface area contributed by atoms with Gasteiger partial charge in [-0.3, -0.25) is 4.79 Å². The molecule has 0 aliphatic heterocycles. The minimum Gasteiger partial charge on any atom is -0.381 e. The molecule has 2 N–H and O–H groups in total. The summed E-state index contributed by atoms with van der Waals surface area (Å²) < 4.78 is 26.7. The number of nitrogens with one attached hydrogen (secondary N) is 2. The van der Waals surface area contributed by atoms with Gasteiger partial charge in [-0.1, -0.05) is 30.3 Å². The lowest BCUT2D eigenvalue weighted by Gasteiger charge is -2.09. The first-order valence-electron chi connectivity index (χ1n) is 8.22. The molecule has 1 amide bonds. The van der Waals surface area contributed by atoms with E-state index in [-0.39, 0.29) is 24.0 Å². The molecule has 0 spiro atoms. The first kappa shape index (κ1) is 17.6. The number of halogens is 2. The van der Waals surface area contributed by atoms with Crippen LogP contribution in [-0.2, 0) is 17.8 Å². The molecule has 3 aromatic carbocycles. The molecule has 0 atom stereocenters. The maximum absolute atomic E-state index is 13.6. The first-order chi connectivity index (χ1) is 12.6. The zero-order valence-electron chi connectivity index (χ0n) is 14.0. The molecule has 0 radical (unpaired) electrons. The molecular weight excluding hydrogens is 334 g/mol. The summed E-state index contributed by atoms with van der Waals surface area (Å²) >= 11 is 0. The van der Waals surface area contributed by atoms with E-state index in [1.807, 2.05) is 0 Å². The summed E-state index contributed by atoms with van der Waals surface area (Å²) in [5.41, 5.74) is 2.66. The van der Waals surface area contributed by atoms with Crippen LogP contribution >= 0.6 is 0 Å². The molecule has 26 heavy (non-hydrogen) atoms. The predicted molar refractivity (Wildman–Crippen MR) is 98.9 cm³/mol. The quantitative estimate of drug-likeness (QED) is 0.672. The van der Waals surface area contributed by atoms with Gasteiger partial charge < -0.3 is 10.6 Å². The van der Waals surface area contributed by atoms with E-state index in [9.17, 15) is 13.6 Å². The second kappa shape index (κ2) is 8.25. The maximum Gasteiger partial charge on any atom is 0.228 e. The SMILES string of the molecule is O=C(Cc1cccc(F)c1)Nc1ccc(NCc2ccccc2F)cc1. The van der Waals surface area contributed by atoms with Gasteiger partial charge in [0.2, 0.25) is 5.91 Å². The van der Waals surface area contributed by atoms with Gasteiger partial charge in [0.15, 0.2) is 0 Å². The van der Waals surface area contributed by atoms with Crippen molar-refractivity contribution >= 4 is 17.3 Å². The van der Waals surface area contributed by atoms with Crippen molar-refractivity contribution in [2.75, 3.05) is 10.6 Å². The van der Waals surface area contributed by atoms with Gasteiger partial charge in [0.1, 0.15) is 11.6 Å². The summed E-state index contributed by atoms with van der Waals surface area (Å²) in [6.07, 6.45) is 0.102. The van der Waals surface area contributed by atoms with Crippen LogP contribution in [0.2, 0.25) is 0 Å². The van der Waals surface area contributed by atoms with E-state index in [0.29, 0.717) is 23.4 Å². The molecule has 132 valence electrons. The molecular formula is C21H18F2N2O. The van der Waals surface area contributed by atoms with Crippen LogP contribution in [-0.4, -0.2) is 5.91 Å². The topological polar surface area (TPSA) is 41.1 Å². The van der Waals surface area contributed by atoms with Crippen molar-refractivity contribution in [1.82, 2.24) is 0 Å². The van der Waals surface area contributed by atoms with Crippen LogP contribution in [0.25, 0.3) is 0 Å². The lowest BCUT2D eigenvalue weighted by molar-refractivity contribution is -0.115. The maximum atomic E-state index is 13.6. The summed E-state index contributed by atoms with van der Waals surface area (Å²) in [7, 11) is 0. The van der Waals surface area contributed by atoms with E-state index in [4.69, 9.17) is 0 Å². The van der Waals surface area contributed by atoms with Crippen LogP contribution in [0.1, 0.15) is 11.1 Å². The Labute approximate surface area is 150 Å². The van der Waals surface area contributed by atoms with Crippen LogP contribution < -0.4 is 10.6 Å². The lowest BCUT2D eigenvalue weighted by Crippen LogP contribution is -2.14. The summed E-state index contributed by atoms with van der Waals surface area (Å²) in [6, 6.07) is 19.7. The van der Waals surface area contributed by atoms with Crippen molar-refractivity contribution in [1.29, 1.82) is 0 Å². The third-order valence-electron chi connectivity index (χ3n) is 3.86. The molecule has 5 heteroatoms. The van der Waals surface area contributed by atoms with Crippen molar-refractivity contribution < 1.29 is 13.6 Å². The average Bonchev–Trinajstić information content (AvgIpc) is 2.62. The minimum absolute atomic E-state index is 0.102. The fourth-order valence-electron chi connectivity index (χ4n) is 2.55. The zero-order chi connectivity index (χ0) is 18.4. The fraction of sp³-hybridized carbons (Fsp3) is 0.0952. The highest BCUT2D eigenvalue weighted by atomic mass is 19.1. The van der Waals surface area contributed by atoms with E-state index in [1.54, 1.807) is 54.6 Å². The standard InChI is InChI=1S/C21H18F2N2O/c22-17-6-3-4-15(12-17)13-21(26)25-19-10-8-18(9-11-19)24-14-16-5-1-2-7-20(16)23/h1-12,24H,13-14H2,(H,25,26). The van der Waals surface area contributed by atoms with E-state index >= 15 is 0 Å². The number of hydrogen-bond donors (Lipinski definition) is 2. The summed E-state index contributed by atoms with van der Waals surface area (Å²) in [4.78, 5) is 12.0. The molecule has 0 aliphatic carbocycles. The Hall–Kier alpha value is -3.21. The van der Waals surface area contributed by atoms with Gasteiger partial charge in [-0.15, -0.1) is 0 Å². The molecule has 3 aromatic rings. The van der Waals surface area contributed by atoms with Gasteiger partial charge in [-0.25, -0.2) is 8.78 Å². The second-order valence-electron chi connectivity index (χ2n) is 5.88. The molecule has 0 aromatic heterocycles. The van der Waals surface area contributed by atoms with E-state index in [2.05, 4.69) is 10.6 Å². The van der Waals surface area contributed by atoms with E-state index in [0.717, 1.165) is 5.69 Å². The number of anilines is 2.